The van der Waals surface area contributed by atoms with Crippen molar-refractivity contribution >= 4 is 22.8 Å². The van der Waals surface area contributed by atoms with Gasteiger partial charge in [-0.05, 0) is 50.5 Å². The number of carbonyl (C=O) groups is 1. The molecular formula is C19H21FN4O3. The molecule has 0 aliphatic heterocycles. The number of hydrogen-bond donors (Lipinski definition) is 1. The first-order chi connectivity index (χ1) is 13.0. The van der Waals surface area contributed by atoms with Crippen molar-refractivity contribution < 1.29 is 18.7 Å². The van der Waals surface area contributed by atoms with E-state index in [-0.39, 0.29) is 5.82 Å². The maximum Gasteiger partial charge on any atom is 0.412 e. The van der Waals surface area contributed by atoms with Crippen LogP contribution < -0.4 is 10.1 Å². The predicted molar refractivity (Wildman–Crippen MR) is 101 cm³/mol. The average Bonchev–Trinajstić information content (AvgIpc) is 3.01. The summed E-state index contributed by atoms with van der Waals surface area (Å²) < 4.78 is 25.5. The first kappa shape index (κ1) is 18.7. The molecule has 0 bridgehead atoms. The van der Waals surface area contributed by atoms with Gasteiger partial charge in [0, 0.05) is 6.54 Å². The number of fused-ring (bicyclic) bond motifs is 1. The number of rotatable bonds is 6. The third-order valence-corrected chi connectivity index (χ3v) is 3.94. The van der Waals surface area contributed by atoms with E-state index in [0.717, 1.165) is 12.1 Å². The van der Waals surface area contributed by atoms with E-state index < -0.39 is 6.09 Å². The van der Waals surface area contributed by atoms with Crippen molar-refractivity contribution in [2.45, 2.75) is 0 Å². The van der Waals surface area contributed by atoms with E-state index in [9.17, 15) is 9.18 Å². The van der Waals surface area contributed by atoms with Crippen LogP contribution in [0.4, 0.5) is 15.0 Å². The standard InChI is InChI=1S/C19H21FN4O3/c1-23(2)11-12-27-16-6-4-5-15-17(16)18(21-19(25)26-3)22-24(15)14-9-7-13(20)8-10-14/h4-10H,11-12H2,1-3H3,(H,21,22,25). The summed E-state index contributed by atoms with van der Waals surface area (Å²) in [6.45, 7) is 1.22. The number of ether oxygens (including phenoxy) is 2. The monoisotopic (exact) mass is 372 g/mol. The highest BCUT2D eigenvalue weighted by Crippen LogP contribution is 2.34. The second kappa shape index (κ2) is 8.05. The lowest BCUT2D eigenvalue weighted by atomic mass is 10.2. The van der Waals surface area contributed by atoms with Crippen molar-refractivity contribution in [3.63, 3.8) is 0 Å². The van der Waals surface area contributed by atoms with Crippen molar-refractivity contribution in [3.05, 3.63) is 48.3 Å². The van der Waals surface area contributed by atoms with Crippen LogP contribution in [-0.2, 0) is 4.74 Å². The second-order valence-corrected chi connectivity index (χ2v) is 6.16. The fraction of sp³-hybridized carbons (Fsp3) is 0.263. The van der Waals surface area contributed by atoms with Gasteiger partial charge in [0.25, 0.3) is 0 Å². The zero-order valence-electron chi connectivity index (χ0n) is 15.4. The smallest absolute Gasteiger partial charge is 0.412 e. The van der Waals surface area contributed by atoms with Gasteiger partial charge in [-0.15, -0.1) is 5.10 Å². The number of halogens is 1. The largest absolute Gasteiger partial charge is 0.491 e. The summed E-state index contributed by atoms with van der Waals surface area (Å²) in [5.41, 5.74) is 1.38. The van der Waals surface area contributed by atoms with Crippen LogP contribution >= 0.6 is 0 Å². The first-order valence-corrected chi connectivity index (χ1v) is 8.40. The molecule has 2 aromatic carbocycles. The summed E-state index contributed by atoms with van der Waals surface area (Å²) in [7, 11) is 5.20. The Morgan fingerprint density at radius 2 is 1.96 bits per heavy atom. The highest BCUT2D eigenvalue weighted by atomic mass is 19.1. The van der Waals surface area contributed by atoms with E-state index in [2.05, 4.69) is 15.2 Å². The van der Waals surface area contributed by atoms with Crippen LogP contribution in [0.1, 0.15) is 0 Å². The number of hydrogen-bond acceptors (Lipinski definition) is 5. The van der Waals surface area contributed by atoms with E-state index >= 15 is 0 Å². The minimum Gasteiger partial charge on any atom is -0.491 e. The van der Waals surface area contributed by atoms with Crippen molar-refractivity contribution in [3.8, 4) is 11.4 Å². The number of carbonyl (C=O) groups excluding carboxylic acids is 1. The molecular weight excluding hydrogens is 351 g/mol. The molecule has 0 aliphatic rings. The van der Waals surface area contributed by atoms with Crippen LogP contribution in [-0.4, -0.2) is 55.1 Å². The summed E-state index contributed by atoms with van der Waals surface area (Å²) in [6, 6.07) is 11.5. The number of methoxy groups -OCH3 is 1. The SMILES string of the molecule is COC(=O)Nc1nn(-c2ccc(F)cc2)c2cccc(OCCN(C)C)c12. The summed E-state index contributed by atoms with van der Waals surface area (Å²) in [6.07, 6.45) is -0.635. The number of amides is 1. The molecule has 0 saturated heterocycles. The molecule has 27 heavy (non-hydrogen) atoms. The number of likely N-dealkylation sites (N-methyl/N-ethyl adjacent to an activating group) is 1. The molecule has 0 aliphatic carbocycles. The molecule has 0 unspecified atom stereocenters. The van der Waals surface area contributed by atoms with Crippen LogP contribution in [0, 0.1) is 5.82 Å². The van der Waals surface area contributed by atoms with Gasteiger partial charge < -0.3 is 14.4 Å². The quantitative estimate of drug-likeness (QED) is 0.719. The Kier molecular flexibility index (Phi) is 5.56. The van der Waals surface area contributed by atoms with E-state index in [0.29, 0.717) is 29.2 Å². The third kappa shape index (κ3) is 4.17. The molecule has 3 rings (SSSR count). The minimum absolute atomic E-state index is 0.307. The van der Waals surface area contributed by atoms with Gasteiger partial charge in [0.2, 0.25) is 0 Å². The van der Waals surface area contributed by atoms with Crippen molar-refractivity contribution in [2.24, 2.45) is 0 Å². The normalized spacial score (nSPS) is 11.0. The van der Waals surface area contributed by atoms with E-state index in [4.69, 9.17) is 4.74 Å². The lowest BCUT2D eigenvalue weighted by Crippen LogP contribution is -2.19. The molecule has 1 aromatic heterocycles. The minimum atomic E-state index is -0.635. The fourth-order valence-corrected chi connectivity index (χ4v) is 2.61. The van der Waals surface area contributed by atoms with Crippen LogP contribution in [0.25, 0.3) is 16.6 Å². The van der Waals surface area contributed by atoms with Gasteiger partial charge in [-0.2, -0.15) is 0 Å². The summed E-state index contributed by atoms with van der Waals surface area (Å²) in [5.74, 6) is 0.562. The fourth-order valence-electron chi connectivity index (χ4n) is 2.61. The van der Waals surface area contributed by atoms with Crippen LogP contribution in [0.5, 0.6) is 5.75 Å². The number of nitrogens with zero attached hydrogens (tertiary/aromatic N) is 3. The van der Waals surface area contributed by atoms with Crippen molar-refractivity contribution in [1.29, 1.82) is 0 Å². The number of benzene rings is 2. The zero-order valence-corrected chi connectivity index (χ0v) is 15.4. The van der Waals surface area contributed by atoms with Gasteiger partial charge in [0.05, 0.1) is 23.7 Å². The van der Waals surface area contributed by atoms with Gasteiger partial charge in [0.1, 0.15) is 18.2 Å². The molecule has 0 atom stereocenters. The maximum atomic E-state index is 13.3. The maximum absolute atomic E-state index is 13.3. The van der Waals surface area contributed by atoms with Gasteiger partial charge >= 0.3 is 6.09 Å². The Bertz CT molecular complexity index is 938. The zero-order chi connectivity index (χ0) is 19.4. The van der Waals surface area contributed by atoms with Crippen molar-refractivity contribution in [2.75, 3.05) is 39.7 Å². The van der Waals surface area contributed by atoms with E-state index in [1.165, 1.54) is 19.2 Å². The molecule has 0 fully saturated rings. The van der Waals surface area contributed by atoms with Crippen molar-refractivity contribution in [1.82, 2.24) is 14.7 Å². The average molecular weight is 372 g/mol. The molecule has 142 valence electrons. The molecule has 8 heteroatoms. The molecule has 7 nitrogen and oxygen atoms in total. The molecule has 0 radical (unpaired) electrons. The summed E-state index contributed by atoms with van der Waals surface area (Å²) >= 11 is 0. The number of anilines is 1. The van der Waals surface area contributed by atoms with E-state index in [1.807, 2.05) is 37.2 Å². The summed E-state index contributed by atoms with van der Waals surface area (Å²) in [5, 5.41) is 7.74. The molecule has 0 saturated carbocycles. The molecule has 1 N–H and O–H groups in total. The van der Waals surface area contributed by atoms with Gasteiger partial charge in [-0.3, -0.25) is 5.32 Å². The molecule has 1 amide bonds. The molecule has 3 aromatic rings. The van der Waals surface area contributed by atoms with Gasteiger partial charge in [-0.1, -0.05) is 6.07 Å². The van der Waals surface area contributed by atoms with Gasteiger partial charge in [-0.25, -0.2) is 13.9 Å². The third-order valence-electron chi connectivity index (χ3n) is 3.94. The predicted octanol–water partition coefficient (Wildman–Crippen LogP) is 3.28. The second-order valence-electron chi connectivity index (χ2n) is 6.16. The Morgan fingerprint density at radius 3 is 2.63 bits per heavy atom. The summed E-state index contributed by atoms with van der Waals surface area (Å²) in [4.78, 5) is 13.8. The van der Waals surface area contributed by atoms with Crippen LogP contribution in [0.15, 0.2) is 42.5 Å². The van der Waals surface area contributed by atoms with Crippen LogP contribution in [0.2, 0.25) is 0 Å². The number of aromatic nitrogens is 2. The highest BCUT2D eigenvalue weighted by Gasteiger charge is 2.18. The van der Waals surface area contributed by atoms with E-state index in [1.54, 1.807) is 16.8 Å². The molecule has 1 heterocycles. The first-order valence-electron chi connectivity index (χ1n) is 8.40. The van der Waals surface area contributed by atoms with Crippen LogP contribution in [0.3, 0.4) is 0 Å². The number of nitrogens with one attached hydrogen (secondary N) is 1. The Hall–Kier alpha value is -3.13. The Morgan fingerprint density at radius 1 is 1.22 bits per heavy atom. The Balaban J connectivity index is 2.08. The lowest BCUT2D eigenvalue weighted by molar-refractivity contribution is 0.187. The van der Waals surface area contributed by atoms with Gasteiger partial charge in [0.15, 0.2) is 5.82 Å². The lowest BCUT2D eigenvalue weighted by Gasteiger charge is -2.12. The molecule has 0 spiro atoms. The Labute approximate surface area is 156 Å². The topological polar surface area (TPSA) is 68.6 Å². The highest BCUT2D eigenvalue weighted by molar-refractivity contribution is 6.01.